The third kappa shape index (κ3) is 3.60. The van der Waals surface area contributed by atoms with Crippen molar-refractivity contribution in [3.05, 3.63) is 46.2 Å². The molecule has 3 aliphatic heterocycles. The van der Waals surface area contributed by atoms with Gasteiger partial charge >= 0.3 is 0 Å². The molecule has 2 bridgehead atoms. The van der Waals surface area contributed by atoms with Crippen molar-refractivity contribution in [2.45, 2.75) is 38.5 Å². The van der Waals surface area contributed by atoms with Gasteiger partial charge in [0.25, 0.3) is 0 Å². The number of nitrogens with one attached hydrogen (secondary N) is 2. The third-order valence-corrected chi connectivity index (χ3v) is 7.47. The maximum Gasteiger partial charge on any atom is 0.132 e. The molecule has 0 radical (unpaired) electrons. The zero-order valence-corrected chi connectivity index (χ0v) is 19.1. The second-order valence-corrected chi connectivity index (χ2v) is 9.97. The highest BCUT2D eigenvalue weighted by molar-refractivity contribution is 7.17. The number of morpholine rings is 2. The summed E-state index contributed by atoms with van der Waals surface area (Å²) in [6.45, 7) is 7.85. The number of aromatic nitrogens is 1. The van der Waals surface area contributed by atoms with E-state index in [1.807, 2.05) is 13.0 Å². The fourth-order valence-corrected chi connectivity index (χ4v) is 6.18. The molecular weight excluding hydrogens is 427 g/mol. The highest BCUT2D eigenvalue weighted by Gasteiger charge is 2.32. The Hall–Kier alpha value is -2.42. The van der Waals surface area contributed by atoms with Gasteiger partial charge in [0.2, 0.25) is 0 Å². The Labute approximate surface area is 190 Å². The average molecular weight is 455 g/mol. The lowest BCUT2D eigenvalue weighted by atomic mass is 10.00. The summed E-state index contributed by atoms with van der Waals surface area (Å²) in [6.07, 6.45) is 0.895. The maximum atomic E-state index is 15.2. The molecular formula is C24H27FN4O2S. The normalized spacial score (nSPS) is 24.8. The molecule has 168 valence electrons. The molecule has 5 heterocycles. The number of pyridine rings is 1. The first-order chi connectivity index (χ1) is 15.5. The lowest BCUT2D eigenvalue weighted by Crippen LogP contribution is -2.58. The summed E-state index contributed by atoms with van der Waals surface area (Å²) < 4.78 is 27.3. The summed E-state index contributed by atoms with van der Waals surface area (Å²) in [4.78, 5) is 7.90. The minimum Gasteiger partial charge on any atom is -0.491 e. The van der Waals surface area contributed by atoms with Crippen molar-refractivity contribution in [3.8, 4) is 5.75 Å². The van der Waals surface area contributed by atoms with Crippen LogP contribution in [0.1, 0.15) is 16.8 Å². The van der Waals surface area contributed by atoms with E-state index < -0.39 is 0 Å². The summed E-state index contributed by atoms with van der Waals surface area (Å²) in [5, 5.41) is 10.2. The molecule has 32 heavy (non-hydrogen) atoms. The smallest absolute Gasteiger partial charge is 0.132 e. The number of anilines is 2. The summed E-state index contributed by atoms with van der Waals surface area (Å²) >= 11 is 1.64. The van der Waals surface area contributed by atoms with Gasteiger partial charge in [0.1, 0.15) is 23.0 Å². The van der Waals surface area contributed by atoms with Crippen molar-refractivity contribution in [3.63, 3.8) is 0 Å². The maximum absolute atomic E-state index is 15.2. The lowest BCUT2D eigenvalue weighted by molar-refractivity contribution is -0.0484. The summed E-state index contributed by atoms with van der Waals surface area (Å²) in [6, 6.07) is 5.77. The van der Waals surface area contributed by atoms with Crippen LogP contribution in [-0.4, -0.2) is 56.0 Å². The van der Waals surface area contributed by atoms with E-state index in [4.69, 9.17) is 9.47 Å². The predicted octanol–water partition coefficient (Wildman–Crippen LogP) is 3.64. The van der Waals surface area contributed by atoms with Gasteiger partial charge in [-0.25, -0.2) is 9.37 Å². The Balaban J connectivity index is 1.22. The van der Waals surface area contributed by atoms with Crippen LogP contribution < -0.4 is 20.3 Å². The first-order valence-corrected chi connectivity index (χ1v) is 12.1. The molecule has 1 aromatic carbocycles. The second-order valence-electron chi connectivity index (χ2n) is 9.11. The Bertz CT molecular complexity index is 1170. The van der Waals surface area contributed by atoms with Crippen LogP contribution in [0.2, 0.25) is 0 Å². The molecule has 3 aromatic rings. The quantitative estimate of drug-likeness (QED) is 0.630. The average Bonchev–Trinajstić information content (AvgIpc) is 3.16. The van der Waals surface area contributed by atoms with Crippen LogP contribution in [-0.2, 0) is 11.2 Å². The Morgan fingerprint density at radius 3 is 2.81 bits per heavy atom. The van der Waals surface area contributed by atoms with Crippen molar-refractivity contribution in [1.82, 2.24) is 10.3 Å². The highest BCUT2D eigenvalue weighted by atomic mass is 32.1. The van der Waals surface area contributed by atoms with Gasteiger partial charge in [0.05, 0.1) is 23.9 Å². The Kier molecular flexibility index (Phi) is 4.97. The van der Waals surface area contributed by atoms with E-state index in [9.17, 15) is 0 Å². The number of benzene rings is 1. The molecule has 0 spiro atoms. The molecule has 2 aromatic heterocycles. The number of aryl methyl sites for hydroxylation is 2. The number of hydrogen-bond acceptors (Lipinski definition) is 7. The first kappa shape index (κ1) is 20.2. The van der Waals surface area contributed by atoms with Crippen molar-refractivity contribution in [1.29, 1.82) is 0 Å². The first-order valence-electron chi connectivity index (χ1n) is 11.2. The molecule has 2 fully saturated rings. The summed E-state index contributed by atoms with van der Waals surface area (Å²) in [5.74, 6) is 0.471. The van der Waals surface area contributed by atoms with E-state index in [0.29, 0.717) is 24.3 Å². The second kappa shape index (κ2) is 7.86. The van der Waals surface area contributed by atoms with Crippen LogP contribution in [0.3, 0.4) is 0 Å². The van der Waals surface area contributed by atoms with E-state index in [1.165, 1.54) is 5.56 Å². The summed E-state index contributed by atoms with van der Waals surface area (Å²) in [7, 11) is 0. The van der Waals surface area contributed by atoms with Crippen molar-refractivity contribution in [2.24, 2.45) is 0 Å². The molecule has 3 atom stereocenters. The highest BCUT2D eigenvalue weighted by Crippen LogP contribution is 2.36. The third-order valence-electron chi connectivity index (χ3n) is 6.60. The monoisotopic (exact) mass is 454 g/mol. The van der Waals surface area contributed by atoms with Crippen molar-refractivity contribution >= 4 is 32.9 Å². The standard InChI is InChI=1S/C24H27FN4O2S/c1-13-3-14(2)27-24-23(13)21(12-32-24)28-15-4-19-20(25)5-16(6-22(19)30-11-15)29-9-17-7-26-8-18(10-29)31-17/h3,5-6,12,15,17-18,26,28H,4,7-11H2,1-2H3/t15-,17?,18?/m1/s1. The van der Waals surface area contributed by atoms with Gasteiger partial charge in [0.15, 0.2) is 0 Å². The molecule has 2 saturated heterocycles. The molecule has 0 aliphatic carbocycles. The number of hydrogen-bond donors (Lipinski definition) is 2. The summed E-state index contributed by atoms with van der Waals surface area (Å²) in [5.41, 5.74) is 4.81. The molecule has 2 unspecified atom stereocenters. The van der Waals surface area contributed by atoms with Gasteiger partial charge in [-0.05, 0) is 31.5 Å². The zero-order chi connectivity index (χ0) is 21.8. The van der Waals surface area contributed by atoms with Crippen molar-refractivity contribution < 1.29 is 13.9 Å². The zero-order valence-electron chi connectivity index (χ0n) is 18.3. The predicted molar refractivity (Wildman–Crippen MR) is 126 cm³/mol. The molecule has 8 heteroatoms. The topological polar surface area (TPSA) is 58.7 Å². The van der Waals surface area contributed by atoms with Crippen LogP contribution >= 0.6 is 11.3 Å². The SMILES string of the molecule is Cc1cc(C)c2c(N[C@H]3COc4cc(N5CC6CNCC(C5)O6)cc(F)c4C3)csc2n1. The van der Waals surface area contributed by atoms with E-state index in [-0.39, 0.29) is 24.1 Å². The minimum atomic E-state index is -0.192. The van der Waals surface area contributed by atoms with E-state index in [1.54, 1.807) is 17.4 Å². The molecule has 6 rings (SSSR count). The lowest BCUT2D eigenvalue weighted by Gasteiger charge is -2.43. The van der Waals surface area contributed by atoms with Gasteiger partial charge in [-0.3, -0.25) is 0 Å². The molecule has 3 aliphatic rings. The molecule has 0 saturated carbocycles. The van der Waals surface area contributed by atoms with Gasteiger partial charge < -0.3 is 25.0 Å². The van der Waals surface area contributed by atoms with Crippen LogP contribution in [0.25, 0.3) is 10.2 Å². The number of rotatable bonds is 3. The number of fused-ring (bicyclic) bond motifs is 4. The molecule has 2 N–H and O–H groups in total. The van der Waals surface area contributed by atoms with E-state index in [0.717, 1.165) is 53.5 Å². The Morgan fingerprint density at radius 2 is 2.00 bits per heavy atom. The number of halogens is 1. The van der Waals surface area contributed by atoms with Crippen molar-refractivity contribution in [2.75, 3.05) is 43.0 Å². The van der Waals surface area contributed by atoms with Gasteiger partial charge in [-0.1, -0.05) is 0 Å². The molecule has 6 nitrogen and oxygen atoms in total. The number of thiophene rings is 1. The van der Waals surface area contributed by atoms with E-state index >= 15 is 4.39 Å². The fourth-order valence-electron chi connectivity index (χ4n) is 5.18. The largest absolute Gasteiger partial charge is 0.491 e. The van der Waals surface area contributed by atoms with Crippen LogP contribution in [0.15, 0.2) is 23.6 Å². The van der Waals surface area contributed by atoms with Gasteiger partial charge in [-0.15, -0.1) is 11.3 Å². The van der Waals surface area contributed by atoms with E-state index in [2.05, 4.69) is 38.9 Å². The van der Waals surface area contributed by atoms with Crippen LogP contribution in [0.5, 0.6) is 5.75 Å². The van der Waals surface area contributed by atoms with Crippen LogP contribution in [0, 0.1) is 19.7 Å². The van der Waals surface area contributed by atoms with Gasteiger partial charge in [-0.2, -0.15) is 0 Å². The number of ether oxygens (including phenoxy) is 2. The van der Waals surface area contributed by atoms with Gasteiger partial charge in [0, 0.05) is 66.4 Å². The van der Waals surface area contributed by atoms with Crippen LogP contribution in [0.4, 0.5) is 15.8 Å². The molecule has 0 amide bonds. The number of nitrogens with zero attached hydrogens (tertiary/aromatic N) is 2. The fraction of sp³-hybridized carbons (Fsp3) is 0.458. The Morgan fingerprint density at radius 1 is 1.19 bits per heavy atom. The minimum absolute atomic E-state index is 0.00942.